The molecule has 3 rings (SSSR count). The second-order valence-corrected chi connectivity index (χ2v) is 12.7. The number of carbonyl (C=O) groups is 1. The lowest BCUT2D eigenvalue weighted by atomic mass is 10.0. The van der Waals surface area contributed by atoms with E-state index in [4.69, 9.17) is 32.7 Å². The number of hydrogen-bond acceptors (Lipinski definition) is 6. The van der Waals surface area contributed by atoms with E-state index in [1.165, 1.54) is 23.5 Å². The molecule has 3 aromatic rings. The number of aliphatic hydroxyl groups excluding tert-OH is 1. The summed E-state index contributed by atoms with van der Waals surface area (Å²) < 4.78 is 50.2. The Hall–Kier alpha value is -2.33. The summed E-state index contributed by atoms with van der Waals surface area (Å²) in [4.78, 5) is 17.8. The molecule has 224 valence electrons. The van der Waals surface area contributed by atoms with Crippen LogP contribution in [0.3, 0.4) is 0 Å². The van der Waals surface area contributed by atoms with Gasteiger partial charge in [-0.15, -0.1) is 11.3 Å². The number of halogens is 5. The van der Waals surface area contributed by atoms with Crippen molar-refractivity contribution in [2.24, 2.45) is 0 Å². The van der Waals surface area contributed by atoms with E-state index in [9.17, 15) is 23.1 Å². The van der Waals surface area contributed by atoms with E-state index in [1.54, 1.807) is 39.8 Å². The molecular formula is C30H34Cl2F3NO4S. The number of rotatable bonds is 10. The monoisotopic (exact) mass is 631 g/mol. The molecule has 0 aliphatic heterocycles. The lowest BCUT2D eigenvalue weighted by Crippen LogP contribution is -2.35. The van der Waals surface area contributed by atoms with Crippen LogP contribution in [-0.4, -0.2) is 27.8 Å². The van der Waals surface area contributed by atoms with Crippen molar-refractivity contribution in [1.29, 1.82) is 0 Å². The molecular weight excluding hydrogens is 598 g/mol. The van der Waals surface area contributed by atoms with Gasteiger partial charge in [0.15, 0.2) is 6.10 Å². The van der Waals surface area contributed by atoms with Crippen molar-refractivity contribution in [3.05, 3.63) is 68.1 Å². The SMILES string of the molecule is CCC(Oc1ccc(CCC(O)c2sc(-c3ccc(C(F)(F)F)cc3)nc2C(C)C)c(Cl)c1Cl)C(=O)OC(C)(C)C. The van der Waals surface area contributed by atoms with Crippen LogP contribution in [0.25, 0.3) is 10.6 Å². The van der Waals surface area contributed by atoms with Crippen molar-refractivity contribution in [3.63, 3.8) is 0 Å². The van der Waals surface area contributed by atoms with Crippen LogP contribution in [0.2, 0.25) is 10.0 Å². The third-order valence-corrected chi connectivity index (χ3v) is 8.24. The van der Waals surface area contributed by atoms with E-state index in [0.717, 1.165) is 12.1 Å². The summed E-state index contributed by atoms with van der Waals surface area (Å²) in [7, 11) is 0. The normalized spacial score (nSPS) is 13.8. The maximum atomic E-state index is 13.0. The van der Waals surface area contributed by atoms with Crippen LogP contribution in [0, 0.1) is 0 Å². The van der Waals surface area contributed by atoms with Crippen molar-refractivity contribution in [2.75, 3.05) is 0 Å². The predicted octanol–water partition coefficient (Wildman–Crippen LogP) is 9.42. The van der Waals surface area contributed by atoms with Crippen LogP contribution in [0.4, 0.5) is 13.2 Å². The minimum absolute atomic E-state index is 0.00922. The molecule has 1 aromatic heterocycles. The van der Waals surface area contributed by atoms with Gasteiger partial charge in [0.25, 0.3) is 0 Å². The molecule has 1 heterocycles. The highest BCUT2D eigenvalue weighted by Gasteiger charge is 2.31. The zero-order chi connectivity index (χ0) is 30.7. The standard InChI is InChI=1S/C30H34Cl2F3NO4S/c1-7-21(28(38)40-29(4,5)6)39-22-15-11-17(23(31)24(22)32)10-14-20(37)26-25(16(2)3)36-27(41-26)18-8-12-19(13-9-18)30(33,34)35/h8-9,11-13,15-16,20-21,37H,7,10,14H2,1-6H3. The Labute approximate surface area is 252 Å². The van der Waals surface area contributed by atoms with Gasteiger partial charge in [0.05, 0.1) is 27.3 Å². The number of ether oxygens (including phenoxy) is 2. The molecule has 0 spiro atoms. The van der Waals surface area contributed by atoms with Crippen LogP contribution in [0.1, 0.15) is 88.1 Å². The second kappa shape index (κ2) is 13.3. The molecule has 0 aliphatic rings. The fraction of sp³-hybridized carbons (Fsp3) is 0.467. The smallest absolute Gasteiger partial charge is 0.416 e. The largest absolute Gasteiger partial charge is 0.477 e. The first-order valence-electron chi connectivity index (χ1n) is 13.2. The van der Waals surface area contributed by atoms with Crippen LogP contribution < -0.4 is 4.74 Å². The molecule has 0 saturated heterocycles. The van der Waals surface area contributed by atoms with Crippen molar-refractivity contribution < 1.29 is 32.5 Å². The molecule has 0 aliphatic carbocycles. The van der Waals surface area contributed by atoms with Crippen LogP contribution in [0.5, 0.6) is 5.75 Å². The molecule has 0 bridgehead atoms. The first kappa shape index (κ1) is 33.2. The summed E-state index contributed by atoms with van der Waals surface area (Å²) in [5.74, 6) is -0.255. The summed E-state index contributed by atoms with van der Waals surface area (Å²) in [5.41, 5.74) is 0.533. The van der Waals surface area contributed by atoms with Crippen molar-refractivity contribution in [3.8, 4) is 16.3 Å². The van der Waals surface area contributed by atoms with Crippen molar-refractivity contribution in [2.45, 2.75) is 90.7 Å². The molecule has 0 radical (unpaired) electrons. The number of aromatic nitrogens is 1. The highest BCUT2D eigenvalue weighted by molar-refractivity contribution is 7.15. The Bertz CT molecular complexity index is 1350. The van der Waals surface area contributed by atoms with E-state index in [0.29, 0.717) is 46.0 Å². The predicted molar refractivity (Wildman–Crippen MR) is 157 cm³/mol. The van der Waals surface area contributed by atoms with Crippen LogP contribution >= 0.6 is 34.5 Å². The molecule has 2 aromatic carbocycles. The van der Waals surface area contributed by atoms with E-state index in [1.807, 2.05) is 13.8 Å². The third kappa shape index (κ3) is 8.60. The Morgan fingerprint density at radius 3 is 2.22 bits per heavy atom. The van der Waals surface area contributed by atoms with E-state index in [-0.39, 0.29) is 21.7 Å². The third-order valence-electron chi connectivity index (χ3n) is 6.11. The van der Waals surface area contributed by atoms with E-state index in [2.05, 4.69) is 4.98 Å². The number of alkyl halides is 3. The van der Waals surface area contributed by atoms with Crippen molar-refractivity contribution in [1.82, 2.24) is 4.98 Å². The van der Waals surface area contributed by atoms with Gasteiger partial charge in [0.2, 0.25) is 0 Å². The molecule has 0 fully saturated rings. The van der Waals surface area contributed by atoms with E-state index < -0.39 is 35.5 Å². The summed E-state index contributed by atoms with van der Waals surface area (Å²) in [6, 6.07) is 8.20. The van der Waals surface area contributed by atoms with Gasteiger partial charge >= 0.3 is 12.1 Å². The Morgan fingerprint density at radius 2 is 1.68 bits per heavy atom. The van der Waals surface area contributed by atoms with Crippen LogP contribution in [-0.2, 0) is 22.1 Å². The minimum atomic E-state index is -4.42. The topological polar surface area (TPSA) is 68.7 Å². The van der Waals surface area contributed by atoms with Gasteiger partial charge in [-0.3, -0.25) is 0 Å². The minimum Gasteiger partial charge on any atom is -0.477 e. The van der Waals surface area contributed by atoms with Gasteiger partial charge in [-0.1, -0.05) is 62.2 Å². The number of nitrogens with zero attached hydrogens (tertiary/aromatic N) is 1. The summed E-state index contributed by atoms with van der Waals surface area (Å²) >= 11 is 14.3. The fourth-order valence-electron chi connectivity index (χ4n) is 4.02. The molecule has 0 saturated carbocycles. The number of carbonyl (C=O) groups excluding carboxylic acids is 1. The Kier molecular flexibility index (Phi) is 10.8. The molecule has 5 nitrogen and oxygen atoms in total. The van der Waals surface area contributed by atoms with Crippen molar-refractivity contribution >= 4 is 40.5 Å². The fourth-order valence-corrected chi connectivity index (χ4v) is 5.74. The van der Waals surface area contributed by atoms with Gasteiger partial charge in [-0.25, -0.2) is 9.78 Å². The number of aliphatic hydroxyl groups is 1. The summed E-state index contributed by atoms with van der Waals surface area (Å²) in [6.45, 7) is 11.0. The maximum absolute atomic E-state index is 13.0. The first-order valence-corrected chi connectivity index (χ1v) is 14.8. The highest BCUT2D eigenvalue weighted by atomic mass is 35.5. The molecule has 11 heteroatoms. The van der Waals surface area contributed by atoms with E-state index >= 15 is 0 Å². The van der Waals surface area contributed by atoms with Gasteiger partial charge in [-0.2, -0.15) is 13.2 Å². The average Bonchev–Trinajstić information content (AvgIpc) is 3.33. The number of aryl methyl sites for hydroxylation is 1. The Balaban J connectivity index is 1.75. The summed E-state index contributed by atoms with van der Waals surface area (Å²) in [5, 5.41) is 12.1. The van der Waals surface area contributed by atoms with Gasteiger partial charge < -0.3 is 14.6 Å². The lowest BCUT2D eigenvalue weighted by molar-refractivity contribution is -0.163. The lowest BCUT2D eigenvalue weighted by Gasteiger charge is -2.24. The van der Waals surface area contributed by atoms with Gasteiger partial charge in [0, 0.05) is 5.56 Å². The number of thiazole rings is 1. The number of benzene rings is 2. The average molecular weight is 633 g/mol. The molecule has 2 unspecified atom stereocenters. The molecule has 0 amide bonds. The maximum Gasteiger partial charge on any atom is 0.416 e. The Morgan fingerprint density at radius 1 is 1.05 bits per heavy atom. The quantitative estimate of drug-likeness (QED) is 0.226. The van der Waals surface area contributed by atoms with Gasteiger partial charge in [0.1, 0.15) is 21.4 Å². The zero-order valence-corrected chi connectivity index (χ0v) is 26.1. The molecule has 2 atom stereocenters. The number of hydrogen-bond donors (Lipinski definition) is 1. The zero-order valence-electron chi connectivity index (χ0n) is 23.7. The highest BCUT2D eigenvalue weighted by Crippen LogP contribution is 2.40. The number of esters is 1. The van der Waals surface area contributed by atoms with Gasteiger partial charge in [-0.05, 0) is 69.7 Å². The first-order chi connectivity index (χ1) is 19.0. The van der Waals surface area contributed by atoms with Crippen LogP contribution in [0.15, 0.2) is 36.4 Å². The summed E-state index contributed by atoms with van der Waals surface area (Å²) in [6.07, 6.45) is -5.09. The molecule has 1 N–H and O–H groups in total. The second-order valence-electron chi connectivity index (χ2n) is 11.0. The molecule has 41 heavy (non-hydrogen) atoms.